The van der Waals surface area contributed by atoms with Gasteiger partial charge in [-0.05, 0) is 37.6 Å². The summed E-state index contributed by atoms with van der Waals surface area (Å²) in [6, 6.07) is 4.35. The quantitative estimate of drug-likeness (QED) is 0.883. The lowest BCUT2D eigenvalue weighted by molar-refractivity contribution is 0.593. The van der Waals surface area contributed by atoms with Gasteiger partial charge in [-0.2, -0.15) is 0 Å². The van der Waals surface area contributed by atoms with E-state index in [1.165, 1.54) is 12.1 Å². The summed E-state index contributed by atoms with van der Waals surface area (Å²) in [7, 11) is -3.02. The van der Waals surface area contributed by atoms with Gasteiger partial charge in [-0.15, -0.1) is 0 Å². The van der Waals surface area contributed by atoms with Crippen molar-refractivity contribution >= 4 is 15.5 Å². The Kier molecular flexibility index (Phi) is 4.51. The number of halogens is 1. The Morgan fingerprint density at radius 2 is 2.00 bits per heavy atom. The van der Waals surface area contributed by atoms with Crippen molar-refractivity contribution in [2.45, 2.75) is 26.8 Å². The maximum atomic E-state index is 13.1. The summed E-state index contributed by atoms with van der Waals surface area (Å²) in [5.41, 5.74) is 1.42. The smallest absolute Gasteiger partial charge is 0.152 e. The fourth-order valence-corrected chi connectivity index (χ4v) is 2.73. The van der Waals surface area contributed by atoms with Crippen LogP contribution in [-0.2, 0) is 9.84 Å². The molecule has 0 aliphatic carbocycles. The van der Waals surface area contributed by atoms with Gasteiger partial charge in [-0.1, -0.05) is 6.92 Å². The molecule has 5 heteroatoms. The molecular weight excluding hydrogens is 241 g/mol. The Morgan fingerprint density at radius 3 is 2.53 bits per heavy atom. The molecule has 17 heavy (non-hydrogen) atoms. The molecule has 1 unspecified atom stereocenters. The average Bonchev–Trinajstić information content (AvgIpc) is 2.14. The van der Waals surface area contributed by atoms with Crippen molar-refractivity contribution in [3.05, 3.63) is 29.6 Å². The predicted molar refractivity (Wildman–Crippen MR) is 68.5 cm³/mol. The first-order valence-electron chi connectivity index (χ1n) is 5.56. The van der Waals surface area contributed by atoms with Crippen LogP contribution >= 0.6 is 0 Å². The van der Waals surface area contributed by atoms with Crippen molar-refractivity contribution in [3.8, 4) is 0 Å². The Labute approximate surface area is 102 Å². The fraction of sp³-hybridized carbons (Fsp3) is 0.500. The normalized spacial score (nSPS) is 13.4. The summed E-state index contributed by atoms with van der Waals surface area (Å²) in [5, 5.41) is 2.99. The predicted octanol–water partition coefficient (Wildman–Crippen LogP) is 2.37. The molecule has 1 aromatic carbocycles. The maximum absolute atomic E-state index is 13.1. The van der Waals surface area contributed by atoms with Crippen molar-refractivity contribution in [2.24, 2.45) is 0 Å². The molecule has 0 aliphatic rings. The third kappa shape index (κ3) is 4.73. The molecule has 96 valence electrons. The van der Waals surface area contributed by atoms with E-state index >= 15 is 0 Å². The molecule has 0 spiro atoms. The van der Waals surface area contributed by atoms with Crippen LogP contribution in [0.15, 0.2) is 18.2 Å². The first-order valence-corrected chi connectivity index (χ1v) is 7.38. The molecule has 1 atom stereocenters. The molecule has 0 saturated heterocycles. The second kappa shape index (κ2) is 5.49. The minimum Gasteiger partial charge on any atom is -0.381 e. The van der Waals surface area contributed by atoms with Crippen LogP contribution < -0.4 is 5.32 Å². The Bertz CT molecular complexity index is 465. The zero-order valence-electron chi connectivity index (χ0n) is 10.3. The van der Waals surface area contributed by atoms with Crippen LogP contribution in [0.25, 0.3) is 0 Å². The first-order chi connectivity index (χ1) is 7.82. The van der Waals surface area contributed by atoms with Gasteiger partial charge in [0.2, 0.25) is 0 Å². The van der Waals surface area contributed by atoms with Crippen LogP contribution in [-0.4, -0.2) is 26.0 Å². The van der Waals surface area contributed by atoms with Crippen LogP contribution in [0.1, 0.15) is 19.4 Å². The van der Waals surface area contributed by atoms with E-state index in [0.29, 0.717) is 5.69 Å². The lowest BCUT2D eigenvalue weighted by atomic mass is 10.2. The Hall–Kier alpha value is -1.10. The topological polar surface area (TPSA) is 46.2 Å². The molecule has 3 nitrogen and oxygen atoms in total. The van der Waals surface area contributed by atoms with Crippen molar-refractivity contribution < 1.29 is 12.8 Å². The largest absolute Gasteiger partial charge is 0.381 e. The number of hydrogen-bond acceptors (Lipinski definition) is 3. The molecular formula is C12H18FNO2S. The molecule has 0 bridgehead atoms. The number of aryl methyl sites for hydroxylation is 1. The van der Waals surface area contributed by atoms with E-state index in [1.807, 2.05) is 0 Å². The summed E-state index contributed by atoms with van der Waals surface area (Å²) >= 11 is 0. The van der Waals surface area contributed by atoms with Crippen molar-refractivity contribution in [2.75, 3.05) is 16.8 Å². The average molecular weight is 259 g/mol. The van der Waals surface area contributed by atoms with Crippen LogP contribution in [0.5, 0.6) is 0 Å². The SMILES string of the molecule is CCS(=O)(=O)CC(C)Nc1cc(C)cc(F)c1. The van der Waals surface area contributed by atoms with Gasteiger partial charge in [0.05, 0.1) is 5.75 Å². The Balaban J connectivity index is 2.71. The van der Waals surface area contributed by atoms with Gasteiger partial charge >= 0.3 is 0 Å². The molecule has 0 heterocycles. The van der Waals surface area contributed by atoms with E-state index in [9.17, 15) is 12.8 Å². The molecule has 0 aromatic heterocycles. The molecule has 0 aliphatic heterocycles. The highest BCUT2D eigenvalue weighted by atomic mass is 32.2. The second-order valence-electron chi connectivity index (χ2n) is 4.26. The van der Waals surface area contributed by atoms with Gasteiger partial charge in [0, 0.05) is 17.5 Å². The zero-order chi connectivity index (χ0) is 13.1. The van der Waals surface area contributed by atoms with Crippen molar-refractivity contribution in [1.29, 1.82) is 0 Å². The summed E-state index contributed by atoms with van der Waals surface area (Å²) in [6.45, 7) is 5.18. The number of benzene rings is 1. The molecule has 0 amide bonds. The molecule has 1 aromatic rings. The van der Waals surface area contributed by atoms with E-state index < -0.39 is 9.84 Å². The molecule has 1 rings (SSSR count). The molecule has 0 fully saturated rings. The third-order valence-electron chi connectivity index (χ3n) is 2.40. The summed E-state index contributed by atoms with van der Waals surface area (Å²) in [5.74, 6) is -0.140. The number of nitrogens with one attached hydrogen (secondary N) is 1. The van der Waals surface area contributed by atoms with Crippen molar-refractivity contribution in [3.63, 3.8) is 0 Å². The van der Waals surface area contributed by atoms with E-state index in [2.05, 4.69) is 5.32 Å². The minimum absolute atomic E-state index is 0.0546. The monoisotopic (exact) mass is 259 g/mol. The van der Waals surface area contributed by atoms with E-state index in [4.69, 9.17) is 0 Å². The van der Waals surface area contributed by atoms with Crippen LogP contribution in [0.4, 0.5) is 10.1 Å². The second-order valence-corrected chi connectivity index (χ2v) is 6.66. The van der Waals surface area contributed by atoms with Gasteiger partial charge in [0.15, 0.2) is 9.84 Å². The van der Waals surface area contributed by atoms with Crippen LogP contribution in [0.2, 0.25) is 0 Å². The minimum atomic E-state index is -3.02. The highest BCUT2D eigenvalue weighted by Gasteiger charge is 2.13. The lowest BCUT2D eigenvalue weighted by Crippen LogP contribution is -2.26. The van der Waals surface area contributed by atoms with Crippen LogP contribution in [0, 0.1) is 12.7 Å². The lowest BCUT2D eigenvalue weighted by Gasteiger charge is -2.15. The van der Waals surface area contributed by atoms with Gasteiger partial charge in [0.25, 0.3) is 0 Å². The van der Waals surface area contributed by atoms with Crippen molar-refractivity contribution in [1.82, 2.24) is 0 Å². The number of anilines is 1. The summed E-state index contributed by atoms with van der Waals surface area (Å²) in [4.78, 5) is 0. The van der Waals surface area contributed by atoms with Gasteiger partial charge in [-0.25, -0.2) is 12.8 Å². The highest BCUT2D eigenvalue weighted by molar-refractivity contribution is 7.91. The standard InChI is InChI=1S/C12H18FNO2S/c1-4-17(15,16)8-10(3)14-12-6-9(2)5-11(13)7-12/h5-7,10,14H,4,8H2,1-3H3. The number of sulfone groups is 1. The first kappa shape index (κ1) is 14.0. The van der Waals surface area contributed by atoms with E-state index in [0.717, 1.165) is 5.56 Å². The Morgan fingerprint density at radius 1 is 1.35 bits per heavy atom. The highest BCUT2D eigenvalue weighted by Crippen LogP contribution is 2.14. The zero-order valence-corrected chi connectivity index (χ0v) is 11.1. The molecule has 0 saturated carbocycles. The maximum Gasteiger partial charge on any atom is 0.152 e. The van der Waals surface area contributed by atoms with Gasteiger partial charge in [-0.3, -0.25) is 0 Å². The van der Waals surface area contributed by atoms with Gasteiger partial charge in [0.1, 0.15) is 5.82 Å². The van der Waals surface area contributed by atoms with Crippen LogP contribution in [0.3, 0.4) is 0 Å². The third-order valence-corrected chi connectivity index (χ3v) is 4.29. The number of hydrogen-bond donors (Lipinski definition) is 1. The molecule has 0 radical (unpaired) electrons. The molecule has 1 N–H and O–H groups in total. The van der Waals surface area contributed by atoms with E-state index in [-0.39, 0.29) is 23.4 Å². The van der Waals surface area contributed by atoms with Gasteiger partial charge < -0.3 is 5.32 Å². The summed E-state index contributed by atoms with van der Waals surface area (Å²) in [6.07, 6.45) is 0. The fourth-order valence-electron chi connectivity index (χ4n) is 1.64. The number of rotatable bonds is 5. The van der Waals surface area contributed by atoms with E-state index in [1.54, 1.807) is 26.8 Å². The summed E-state index contributed by atoms with van der Waals surface area (Å²) < 4.78 is 36.0.